The fourth-order valence-electron chi connectivity index (χ4n) is 4.10. The number of aryl methyl sites for hydroxylation is 1. The second-order valence-electron chi connectivity index (χ2n) is 6.20. The van der Waals surface area contributed by atoms with Crippen LogP contribution in [0.25, 0.3) is 0 Å². The van der Waals surface area contributed by atoms with Crippen LogP contribution in [-0.2, 0) is 12.8 Å². The Morgan fingerprint density at radius 1 is 1.35 bits per heavy atom. The summed E-state index contributed by atoms with van der Waals surface area (Å²) in [5, 5.41) is 9.54. The fourth-order valence-corrected chi connectivity index (χ4v) is 4.51. The minimum atomic E-state index is 0.312. The van der Waals surface area contributed by atoms with E-state index in [1.54, 1.807) is 0 Å². The molecule has 92 valence electrons. The molecule has 3 rings (SSSR count). The molecule has 0 saturated heterocycles. The predicted octanol–water partition coefficient (Wildman–Crippen LogP) is 3.57. The molecule has 17 heavy (non-hydrogen) atoms. The van der Waals surface area contributed by atoms with Crippen molar-refractivity contribution in [2.75, 3.05) is 6.61 Å². The van der Waals surface area contributed by atoms with E-state index in [1.165, 1.54) is 22.0 Å². The van der Waals surface area contributed by atoms with Crippen LogP contribution < -0.4 is 0 Å². The zero-order chi connectivity index (χ0) is 12.3. The SMILES string of the molecule is CC1(C)C(CO)C12CCc1cc(Br)ccc1C2. The van der Waals surface area contributed by atoms with Crippen LogP contribution >= 0.6 is 15.9 Å². The van der Waals surface area contributed by atoms with Crippen LogP contribution in [0.15, 0.2) is 22.7 Å². The minimum absolute atomic E-state index is 0.312. The molecule has 1 N–H and O–H groups in total. The lowest BCUT2D eigenvalue weighted by Gasteiger charge is -2.28. The number of aliphatic hydroxyl groups excluding tert-OH is 1. The Morgan fingerprint density at radius 2 is 2.12 bits per heavy atom. The molecule has 0 amide bonds. The maximum Gasteiger partial charge on any atom is 0.0470 e. The zero-order valence-electron chi connectivity index (χ0n) is 10.5. The summed E-state index contributed by atoms with van der Waals surface area (Å²) in [5.74, 6) is 0.492. The summed E-state index contributed by atoms with van der Waals surface area (Å²) in [7, 11) is 0. The van der Waals surface area contributed by atoms with E-state index in [-0.39, 0.29) is 0 Å². The Labute approximate surface area is 111 Å². The lowest BCUT2D eigenvalue weighted by atomic mass is 9.77. The number of hydrogen-bond acceptors (Lipinski definition) is 1. The third-order valence-electron chi connectivity index (χ3n) is 5.44. The number of benzene rings is 1. The highest BCUT2D eigenvalue weighted by Crippen LogP contribution is 2.73. The van der Waals surface area contributed by atoms with Crippen molar-refractivity contribution >= 4 is 15.9 Å². The highest BCUT2D eigenvalue weighted by Gasteiger charge is 2.69. The third-order valence-corrected chi connectivity index (χ3v) is 5.93. The van der Waals surface area contributed by atoms with Gasteiger partial charge < -0.3 is 5.11 Å². The van der Waals surface area contributed by atoms with Crippen LogP contribution in [0.1, 0.15) is 31.4 Å². The first-order valence-electron chi connectivity index (χ1n) is 6.39. The van der Waals surface area contributed by atoms with Crippen LogP contribution in [0.3, 0.4) is 0 Å². The second-order valence-corrected chi connectivity index (χ2v) is 7.12. The van der Waals surface area contributed by atoms with E-state index < -0.39 is 0 Å². The summed E-state index contributed by atoms with van der Waals surface area (Å²) >= 11 is 3.54. The summed E-state index contributed by atoms with van der Waals surface area (Å²) in [6.45, 7) is 4.98. The molecular formula is C15H19BrO. The average Bonchev–Trinajstić information content (AvgIpc) is 2.74. The summed E-state index contributed by atoms with van der Waals surface area (Å²) in [5.41, 5.74) is 3.66. The van der Waals surface area contributed by atoms with Crippen LogP contribution in [0.4, 0.5) is 0 Å². The van der Waals surface area contributed by atoms with E-state index in [0.717, 1.165) is 12.8 Å². The average molecular weight is 295 g/mol. The van der Waals surface area contributed by atoms with Crippen molar-refractivity contribution in [3.63, 3.8) is 0 Å². The van der Waals surface area contributed by atoms with Gasteiger partial charge in [0.2, 0.25) is 0 Å². The molecule has 1 aromatic carbocycles. The van der Waals surface area contributed by atoms with Gasteiger partial charge in [-0.2, -0.15) is 0 Å². The Hall–Kier alpha value is -0.340. The summed E-state index contributed by atoms with van der Waals surface area (Å²) in [6, 6.07) is 6.65. The molecule has 2 atom stereocenters. The van der Waals surface area contributed by atoms with Crippen LogP contribution in [0, 0.1) is 16.7 Å². The molecular weight excluding hydrogens is 276 g/mol. The van der Waals surface area contributed by atoms with Crippen molar-refractivity contribution < 1.29 is 5.11 Å². The molecule has 2 unspecified atom stereocenters. The van der Waals surface area contributed by atoms with Gasteiger partial charge in [-0.25, -0.2) is 0 Å². The Morgan fingerprint density at radius 3 is 2.76 bits per heavy atom. The highest BCUT2D eigenvalue weighted by atomic mass is 79.9. The highest BCUT2D eigenvalue weighted by molar-refractivity contribution is 9.10. The quantitative estimate of drug-likeness (QED) is 0.839. The van der Waals surface area contributed by atoms with Gasteiger partial charge in [0, 0.05) is 11.1 Å². The summed E-state index contributed by atoms with van der Waals surface area (Å²) in [4.78, 5) is 0. The van der Waals surface area contributed by atoms with Gasteiger partial charge >= 0.3 is 0 Å². The van der Waals surface area contributed by atoms with Crippen molar-refractivity contribution in [1.82, 2.24) is 0 Å². The van der Waals surface area contributed by atoms with Gasteiger partial charge in [0.25, 0.3) is 0 Å². The molecule has 1 saturated carbocycles. The number of rotatable bonds is 1. The van der Waals surface area contributed by atoms with Crippen LogP contribution in [0.5, 0.6) is 0 Å². The lowest BCUT2D eigenvalue weighted by Crippen LogP contribution is -2.21. The van der Waals surface area contributed by atoms with E-state index in [1.807, 2.05) is 0 Å². The molecule has 1 fully saturated rings. The molecule has 0 radical (unpaired) electrons. The maximum atomic E-state index is 9.54. The molecule has 2 heteroatoms. The molecule has 0 aromatic heterocycles. The molecule has 2 aliphatic carbocycles. The molecule has 0 heterocycles. The van der Waals surface area contributed by atoms with Crippen molar-refractivity contribution in [2.24, 2.45) is 16.7 Å². The third kappa shape index (κ3) is 1.47. The number of fused-ring (bicyclic) bond motifs is 1. The molecule has 0 aliphatic heterocycles. The second kappa shape index (κ2) is 3.58. The molecule has 2 aliphatic rings. The standard InChI is InChI=1S/C15H19BrO/c1-14(2)13(9-17)15(14)6-5-10-7-12(16)4-3-11(10)8-15/h3-4,7,13,17H,5-6,8-9H2,1-2H3. The Kier molecular flexibility index (Phi) is 2.47. The number of halogens is 1. The van der Waals surface area contributed by atoms with Gasteiger partial charge in [-0.15, -0.1) is 0 Å². The molecule has 1 nitrogen and oxygen atoms in total. The van der Waals surface area contributed by atoms with Crippen LogP contribution in [-0.4, -0.2) is 11.7 Å². The smallest absolute Gasteiger partial charge is 0.0470 e. The first-order valence-corrected chi connectivity index (χ1v) is 7.19. The van der Waals surface area contributed by atoms with Gasteiger partial charge in [0.15, 0.2) is 0 Å². The first-order chi connectivity index (χ1) is 8.01. The maximum absolute atomic E-state index is 9.54. The monoisotopic (exact) mass is 294 g/mol. The topological polar surface area (TPSA) is 20.2 Å². The van der Waals surface area contributed by atoms with E-state index >= 15 is 0 Å². The molecule has 1 aromatic rings. The first kappa shape index (κ1) is 11.7. The normalized spacial score (nSPS) is 33.5. The molecule has 0 bridgehead atoms. The van der Waals surface area contributed by atoms with Crippen LogP contribution in [0.2, 0.25) is 0 Å². The molecule has 1 spiro atoms. The van der Waals surface area contributed by atoms with Crippen molar-refractivity contribution in [3.8, 4) is 0 Å². The van der Waals surface area contributed by atoms with Crippen molar-refractivity contribution in [2.45, 2.75) is 33.1 Å². The van der Waals surface area contributed by atoms with Crippen molar-refractivity contribution in [1.29, 1.82) is 0 Å². The van der Waals surface area contributed by atoms with Gasteiger partial charge in [0.1, 0.15) is 0 Å². The zero-order valence-corrected chi connectivity index (χ0v) is 12.0. The summed E-state index contributed by atoms with van der Waals surface area (Å²) in [6.07, 6.45) is 3.54. The fraction of sp³-hybridized carbons (Fsp3) is 0.600. The minimum Gasteiger partial charge on any atom is -0.396 e. The lowest BCUT2D eigenvalue weighted by molar-refractivity contribution is 0.239. The van der Waals surface area contributed by atoms with Gasteiger partial charge in [-0.05, 0) is 59.3 Å². The van der Waals surface area contributed by atoms with E-state index in [4.69, 9.17) is 0 Å². The number of hydrogen-bond donors (Lipinski definition) is 1. The Bertz CT molecular complexity index is 466. The Balaban J connectivity index is 1.94. The van der Waals surface area contributed by atoms with E-state index in [0.29, 0.717) is 23.4 Å². The van der Waals surface area contributed by atoms with E-state index in [9.17, 15) is 5.11 Å². The summed E-state index contributed by atoms with van der Waals surface area (Å²) < 4.78 is 1.18. The predicted molar refractivity (Wildman–Crippen MR) is 73.0 cm³/mol. The van der Waals surface area contributed by atoms with E-state index in [2.05, 4.69) is 48.0 Å². The van der Waals surface area contributed by atoms with Gasteiger partial charge in [0.05, 0.1) is 0 Å². The van der Waals surface area contributed by atoms with Crippen molar-refractivity contribution in [3.05, 3.63) is 33.8 Å². The van der Waals surface area contributed by atoms with Gasteiger partial charge in [-0.1, -0.05) is 35.8 Å². The largest absolute Gasteiger partial charge is 0.396 e. The number of aliphatic hydroxyl groups is 1. The van der Waals surface area contributed by atoms with Gasteiger partial charge in [-0.3, -0.25) is 0 Å².